The summed E-state index contributed by atoms with van der Waals surface area (Å²) in [6.07, 6.45) is -2.24. The van der Waals surface area contributed by atoms with E-state index in [9.17, 15) is 19.2 Å². The fraction of sp³-hybridized carbons (Fsp3) is 0.385. The lowest BCUT2D eigenvalue weighted by Crippen LogP contribution is -2.57. The summed E-state index contributed by atoms with van der Waals surface area (Å²) in [7, 11) is 0. The number of carbonyl (C=O) groups excluding carboxylic acids is 4. The molecule has 2 unspecified atom stereocenters. The van der Waals surface area contributed by atoms with Gasteiger partial charge < -0.3 is 14.2 Å². The number of benzene rings is 2. The van der Waals surface area contributed by atoms with Crippen molar-refractivity contribution in [3.05, 3.63) is 65.7 Å². The zero-order chi connectivity index (χ0) is 25.2. The smallest absolute Gasteiger partial charge is 0.424 e. The molecule has 35 heavy (non-hydrogen) atoms. The second-order valence-corrected chi connectivity index (χ2v) is 9.47. The van der Waals surface area contributed by atoms with Crippen LogP contribution in [0, 0.1) is 0 Å². The molecule has 2 aromatic rings. The summed E-state index contributed by atoms with van der Waals surface area (Å²) in [4.78, 5) is 52.2. The summed E-state index contributed by atoms with van der Waals surface area (Å²) in [5.41, 5.74) is 0.920. The van der Waals surface area contributed by atoms with Crippen molar-refractivity contribution in [2.75, 3.05) is 6.54 Å². The largest absolute Gasteiger partial charge is 0.489 e. The lowest BCUT2D eigenvalue weighted by atomic mass is 10.0. The predicted octanol–water partition coefficient (Wildman–Crippen LogP) is 4.21. The van der Waals surface area contributed by atoms with Crippen molar-refractivity contribution in [3.8, 4) is 5.75 Å². The number of cyclic esters (lactones) is 1. The highest BCUT2D eigenvalue weighted by molar-refractivity contribution is 6.12. The Balaban J connectivity index is 1.40. The molecular formula is C26H28N2O7. The Kier molecular flexibility index (Phi) is 6.77. The summed E-state index contributed by atoms with van der Waals surface area (Å²) in [5, 5.41) is 0. The maximum atomic E-state index is 13.0. The Hall–Kier alpha value is -3.88. The van der Waals surface area contributed by atoms with Gasteiger partial charge in [0.1, 0.15) is 30.1 Å². The van der Waals surface area contributed by atoms with Gasteiger partial charge in [0.15, 0.2) is 0 Å². The van der Waals surface area contributed by atoms with Crippen LogP contribution in [0.15, 0.2) is 54.6 Å². The van der Waals surface area contributed by atoms with Gasteiger partial charge in [0.05, 0.1) is 6.54 Å². The van der Waals surface area contributed by atoms with Crippen LogP contribution in [0.3, 0.4) is 0 Å². The van der Waals surface area contributed by atoms with Crippen molar-refractivity contribution in [3.63, 3.8) is 0 Å². The van der Waals surface area contributed by atoms with Crippen molar-refractivity contribution < 1.29 is 33.4 Å². The summed E-state index contributed by atoms with van der Waals surface area (Å²) in [5.74, 6) is -0.749. The fourth-order valence-electron chi connectivity index (χ4n) is 3.98. The number of ether oxygens (including phenoxy) is 3. The standard InChI is InChI=1S/C26H28N2O7/c1-26(2,3)35-25(32)28-22(29)14-13-20(23(28)30)27-15-21(34-24(27)31)18-9-11-19(12-10-18)33-16-17-7-5-4-6-8-17/h4-12,20-21H,13-16H2,1-3H3. The number of hydrogen-bond donors (Lipinski definition) is 0. The number of imide groups is 3. The normalized spacial score (nSPS) is 20.6. The molecule has 0 aliphatic carbocycles. The fourth-order valence-corrected chi connectivity index (χ4v) is 3.98. The highest BCUT2D eigenvalue weighted by atomic mass is 16.6. The number of rotatable bonds is 5. The molecule has 0 spiro atoms. The van der Waals surface area contributed by atoms with Crippen LogP contribution in [0.4, 0.5) is 9.59 Å². The van der Waals surface area contributed by atoms with E-state index in [2.05, 4.69) is 0 Å². The van der Waals surface area contributed by atoms with E-state index in [1.165, 1.54) is 4.90 Å². The van der Waals surface area contributed by atoms with Gasteiger partial charge in [0.25, 0.3) is 5.91 Å². The van der Waals surface area contributed by atoms with Gasteiger partial charge >= 0.3 is 12.2 Å². The lowest BCUT2D eigenvalue weighted by Gasteiger charge is -2.34. The van der Waals surface area contributed by atoms with E-state index in [0.29, 0.717) is 17.3 Å². The Bertz CT molecular complexity index is 1110. The quantitative estimate of drug-likeness (QED) is 0.591. The molecule has 184 valence electrons. The van der Waals surface area contributed by atoms with Crippen LogP contribution in [-0.2, 0) is 25.7 Å². The molecule has 0 saturated carbocycles. The van der Waals surface area contributed by atoms with Gasteiger partial charge in [-0.1, -0.05) is 42.5 Å². The summed E-state index contributed by atoms with van der Waals surface area (Å²) >= 11 is 0. The molecule has 2 aliphatic rings. The third-order valence-corrected chi connectivity index (χ3v) is 5.68. The Labute approximate surface area is 203 Å². The van der Waals surface area contributed by atoms with E-state index in [1.54, 1.807) is 45.0 Å². The van der Waals surface area contributed by atoms with E-state index >= 15 is 0 Å². The van der Waals surface area contributed by atoms with Crippen LogP contribution in [0.2, 0.25) is 0 Å². The van der Waals surface area contributed by atoms with E-state index in [0.717, 1.165) is 11.1 Å². The van der Waals surface area contributed by atoms with Gasteiger partial charge in [0, 0.05) is 6.42 Å². The third-order valence-electron chi connectivity index (χ3n) is 5.68. The minimum Gasteiger partial charge on any atom is -0.489 e. The van der Waals surface area contributed by atoms with Crippen LogP contribution in [0.1, 0.15) is 50.8 Å². The number of carbonyl (C=O) groups is 4. The molecule has 9 heteroatoms. The summed E-state index contributed by atoms with van der Waals surface area (Å²) in [6.45, 7) is 5.48. The van der Waals surface area contributed by atoms with Gasteiger partial charge in [-0.05, 0) is 50.5 Å². The number of amides is 4. The topological polar surface area (TPSA) is 102 Å². The first-order chi connectivity index (χ1) is 16.6. The van der Waals surface area contributed by atoms with E-state index < -0.39 is 41.7 Å². The molecule has 4 amide bonds. The first kappa shape index (κ1) is 24.3. The first-order valence-corrected chi connectivity index (χ1v) is 11.5. The highest BCUT2D eigenvalue weighted by Crippen LogP contribution is 2.32. The first-order valence-electron chi connectivity index (χ1n) is 11.5. The second-order valence-electron chi connectivity index (χ2n) is 9.47. The van der Waals surface area contributed by atoms with Crippen LogP contribution >= 0.6 is 0 Å². The van der Waals surface area contributed by atoms with Gasteiger partial charge in [-0.3, -0.25) is 14.5 Å². The van der Waals surface area contributed by atoms with Crippen molar-refractivity contribution in [2.24, 2.45) is 0 Å². The monoisotopic (exact) mass is 480 g/mol. The van der Waals surface area contributed by atoms with Crippen LogP contribution in [0.25, 0.3) is 0 Å². The Morgan fingerprint density at radius 2 is 1.71 bits per heavy atom. The van der Waals surface area contributed by atoms with Crippen LogP contribution in [0.5, 0.6) is 5.75 Å². The molecule has 0 bridgehead atoms. The Morgan fingerprint density at radius 3 is 2.37 bits per heavy atom. The zero-order valence-electron chi connectivity index (χ0n) is 19.9. The maximum Gasteiger partial charge on any atom is 0.424 e. The van der Waals surface area contributed by atoms with Crippen molar-refractivity contribution in [2.45, 2.75) is 58.0 Å². The SMILES string of the molecule is CC(C)(C)OC(=O)N1C(=O)CCC(N2CC(c3ccc(OCc4ccccc4)cc3)OC2=O)C1=O. The van der Waals surface area contributed by atoms with Crippen molar-refractivity contribution in [1.82, 2.24) is 9.80 Å². The minimum atomic E-state index is -1.03. The van der Waals surface area contributed by atoms with Gasteiger partial charge in [-0.25, -0.2) is 9.59 Å². The van der Waals surface area contributed by atoms with Gasteiger partial charge in [-0.15, -0.1) is 0 Å². The molecule has 2 saturated heterocycles. The van der Waals surface area contributed by atoms with E-state index in [4.69, 9.17) is 14.2 Å². The Morgan fingerprint density at radius 1 is 1.03 bits per heavy atom. The molecule has 0 aromatic heterocycles. The number of nitrogens with zero attached hydrogens (tertiary/aromatic N) is 2. The molecule has 4 rings (SSSR count). The van der Waals surface area contributed by atoms with Crippen molar-refractivity contribution >= 4 is 24.0 Å². The molecule has 0 radical (unpaired) electrons. The molecule has 2 aromatic carbocycles. The van der Waals surface area contributed by atoms with E-state index in [1.807, 2.05) is 30.3 Å². The number of likely N-dealkylation sites (tertiary alicyclic amines) is 1. The molecule has 0 N–H and O–H groups in total. The molecule has 2 aliphatic heterocycles. The van der Waals surface area contributed by atoms with Crippen molar-refractivity contribution in [1.29, 1.82) is 0 Å². The summed E-state index contributed by atoms with van der Waals surface area (Å²) < 4.78 is 16.5. The molecule has 2 atom stereocenters. The van der Waals surface area contributed by atoms with Crippen LogP contribution < -0.4 is 4.74 Å². The average Bonchev–Trinajstić information content (AvgIpc) is 3.19. The second kappa shape index (κ2) is 9.77. The maximum absolute atomic E-state index is 13.0. The predicted molar refractivity (Wildman–Crippen MR) is 124 cm³/mol. The van der Waals surface area contributed by atoms with E-state index in [-0.39, 0.29) is 19.4 Å². The number of hydrogen-bond acceptors (Lipinski definition) is 7. The number of piperidine rings is 1. The molecule has 2 fully saturated rings. The zero-order valence-corrected chi connectivity index (χ0v) is 19.9. The minimum absolute atomic E-state index is 0.0580. The van der Waals surface area contributed by atoms with Crippen LogP contribution in [-0.4, -0.2) is 52.0 Å². The van der Waals surface area contributed by atoms with Gasteiger partial charge in [0.2, 0.25) is 5.91 Å². The summed E-state index contributed by atoms with van der Waals surface area (Å²) in [6, 6.07) is 16.0. The average molecular weight is 481 g/mol. The lowest BCUT2D eigenvalue weighted by molar-refractivity contribution is -0.150. The van der Waals surface area contributed by atoms with Gasteiger partial charge in [-0.2, -0.15) is 4.90 Å². The third kappa shape index (κ3) is 5.62. The highest BCUT2D eigenvalue weighted by Gasteiger charge is 2.47. The molecule has 9 nitrogen and oxygen atoms in total. The molecule has 2 heterocycles. The molecular weight excluding hydrogens is 452 g/mol.